The molecule has 2 rings (SSSR count). The van der Waals surface area contributed by atoms with Gasteiger partial charge >= 0.3 is 0 Å². The zero-order valence-electron chi connectivity index (χ0n) is 10.6. The summed E-state index contributed by atoms with van der Waals surface area (Å²) in [7, 11) is 0. The fourth-order valence-corrected chi connectivity index (χ4v) is 1.90. The molecule has 0 radical (unpaired) electrons. The van der Waals surface area contributed by atoms with Gasteiger partial charge in [0.1, 0.15) is 6.04 Å². The van der Waals surface area contributed by atoms with Crippen molar-refractivity contribution in [2.45, 2.75) is 19.4 Å². The monoisotopic (exact) mass is 257 g/mol. The molecule has 0 bridgehead atoms. The van der Waals surface area contributed by atoms with Crippen LogP contribution in [0.25, 0.3) is 10.9 Å². The molecule has 1 aromatic heterocycles. The number of nitrogens with zero attached hydrogens (tertiary/aromatic N) is 1. The predicted molar refractivity (Wildman–Crippen MR) is 72.5 cm³/mol. The fourth-order valence-electron chi connectivity index (χ4n) is 1.90. The molecule has 1 heterocycles. The van der Waals surface area contributed by atoms with E-state index in [2.05, 4.69) is 10.3 Å². The molecule has 5 nitrogen and oxygen atoms in total. The van der Waals surface area contributed by atoms with Crippen LogP contribution in [0.3, 0.4) is 0 Å². The van der Waals surface area contributed by atoms with Gasteiger partial charge in [0, 0.05) is 11.6 Å². The molecule has 98 valence electrons. The second kappa shape index (κ2) is 5.48. The average Bonchev–Trinajstić information content (AvgIpc) is 2.43. The topological polar surface area (TPSA) is 85.1 Å². The Labute approximate surface area is 110 Å². The van der Waals surface area contributed by atoms with Gasteiger partial charge in [-0.15, -0.1) is 0 Å². The maximum absolute atomic E-state index is 12.2. The van der Waals surface area contributed by atoms with Crippen LogP contribution in [0.4, 0.5) is 0 Å². The number of hydrogen-bond donors (Lipinski definition) is 2. The third-order valence-electron chi connectivity index (χ3n) is 2.93. The second-order valence-electron chi connectivity index (χ2n) is 4.22. The summed E-state index contributed by atoms with van der Waals surface area (Å²) in [4.78, 5) is 27.5. The van der Waals surface area contributed by atoms with Crippen LogP contribution >= 0.6 is 0 Å². The Balaban J connectivity index is 2.34. The van der Waals surface area contributed by atoms with Crippen molar-refractivity contribution in [3.8, 4) is 0 Å². The van der Waals surface area contributed by atoms with E-state index in [1.807, 2.05) is 18.2 Å². The molecule has 0 saturated carbocycles. The maximum atomic E-state index is 12.2. The van der Waals surface area contributed by atoms with E-state index in [9.17, 15) is 9.59 Å². The Morgan fingerprint density at radius 3 is 2.74 bits per heavy atom. The number of aromatic nitrogens is 1. The molecular weight excluding hydrogens is 242 g/mol. The zero-order chi connectivity index (χ0) is 13.8. The molecule has 0 saturated heterocycles. The number of primary amides is 1. The molecule has 19 heavy (non-hydrogen) atoms. The number of amides is 2. The summed E-state index contributed by atoms with van der Waals surface area (Å²) in [5.74, 6) is -0.876. The highest BCUT2D eigenvalue weighted by atomic mass is 16.2. The van der Waals surface area contributed by atoms with Gasteiger partial charge in [-0.25, -0.2) is 0 Å². The van der Waals surface area contributed by atoms with E-state index >= 15 is 0 Å². The molecule has 0 aliphatic carbocycles. The number of nitrogens with two attached hydrogens (primary N) is 1. The van der Waals surface area contributed by atoms with Gasteiger partial charge in [-0.1, -0.05) is 25.1 Å². The van der Waals surface area contributed by atoms with Crippen molar-refractivity contribution >= 4 is 22.7 Å². The number of carbonyl (C=O) groups is 2. The quantitative estimate of drug-likeness (QED) is 0.863. The Kier molecular flexibility index (Phi) is 3.75. The molecule has 1 aromatic carbocycles. The molecule has 0 aliphatic heterocycles. The van der Waals surface area contributed by atoms with Crippen LogP contribution in [0.1, 0.15) is 23.7 Å². The van der Waals surface area contributed by atoms with Gasteiger partial charge in [-0.05, 0) is 18.6 Å². The van der Waals surface area contributed by atoms with Crippen molar-refractivity contribution in [2.75, 3.05) is 0 Å². The molecule has 0 aliphatic rings. The third kappa shape index (κ3) is 2.70. The first kappa shape index (κ1) is 13.0. The van der Waals surface area contributed by atoms with Crippen LogP contribution in [0.15, 0.2) is 36.5 Å². The molecule has 1 atom stereocenters. The summed E-state index contributed by atoms with van der Waals surface area (Å²) in [6, 6.07) is 8.37. The maximum Gasteiger partial charge on any atom is 0.254 e. The lowest BCUT2D eigenvalue weighted by molar-refractivity contribution is -0.119. The van der Waals surface area contributed by atoms with Gasteiger partial charge < -0.3 is 11.1 Å². The van der Waals surface area contributed by atoms with Gasteiger partial charge in [-0.3, -0.25) is 14.6 Å². The molecular formula is C14H15N3O2. The number of nitrogens with one attached hydrogen (secondary N) is 1. The SMILES string of the molecule is CC[C@@H](NC(=O)c1cccc2cccnc12)C(N)=O. The smallest absolute Gasteiger partial charge is 0.254 e. The minimum absolute atomic E-state index is 0.338. The second-order valence-corrected chi connectivity index (χ2v) is 4.22. The number of para-hydroxylation sites is 1. The number of carbonyl (C=O) groups excluding carboxylic acids is 2. The van der Waals surface area contributed by atoms with Crippen molar-refractivity contribution in [3.63, 3.8) is 0 Å². The van der Waals surface area contributed by atoms with E-state index in [1.54, 1.807) is 25.3 Å². The Morgan fingerprint density at radius 2 is 2.05 bits per heavy atom. The number of benzene rings is 1. The highest BCUT2D eigenvalue weighted by Crippen LogP contribution is 2.15. The normalized spacial score (nSPS) is 12.1. The molecule has 0 unspecified atom stereocenters. The van der Waals surface area contributed by atoms with Gasteiger partial charge in [0.15, 0.2) is 0 Å². The van der Waals surface area contributed by atoms with Crippen molar-refractivity contribution < 1.29 is 9.59 Å². The van der Waals surface area contributed by atoms with E-state index < -0.39 is 11.9 Å². The molecule has 0 spiro atoms. The minimum Gasteiger partial charge on any atom is -0.368 e. The summed E-state index contributed by atoms with van der Waals surface area (Å²) < 4.78 is 0. The highest BCUT2D eigenvalue weighted by Gasteiger charge is 2.18. The third-order valence-corrected chi connectivity index (χ3v) is 2.93. The average molecular weight is 257 g/mol. The Hall–Kier alpha value is -2.43. The van der Waals surface area contributed by atoms with Crippen LogP contribution in [-0.2, 0) is 4.79 Å². The molecule has 3 N–H and O–H groups in total. The number of rotatable bonds is 4. The first-order valence-corrected chi connectivity index (χ1v) is 6.07. The van der Waals surface area contributed by atoms with Crippen molar-refractivity contribution in [2.24, 2.45) is 5.73 Å². The van der Waals surface area contributed by atoms with Crippen LogP contribution in [0.2, 0.25) is 0 Å². The lowest BCUT2D eigenvalue weighted by Crippen LogP contribution is -2.44. The summed E-state index contributed by atoms with van der Waals surface area (Å²) in [6.07, 6.45) is 2.09. The van der Waals surface area contributed by atoms with E-state index in [-0.39, 0.29) is 5.91 Å². The first-order valence-electron chi connectivity index (χ1n) is 6.07. The summed E-state index contributed by atoms with van der Waals surface area (Å²) in [5, 5.41) is 3.50. The molecule has 5 heteroatoms. The number of fused-ring (bicyclic) bond motifs is 1. The van der Waals surface area contributed by atoms with Crippen molar-refractivity contribution in [3.05, 3.63) is 42.1 Å². The van der Waals surface area contributed by atoms with E-state index in [4.69, 9.17) is 5.73 Å². The van der Waals surface area contributed by atoms with E-state index in [1.165, 1.54) is 0 Å². The van der Waals surface area contributed by atoms with Gasteiger partial charge in [0.05, 0.1) is 11.1 Å². The summed E-state index contributed by atoms with van der Waals surface area (Å²) in [5.41, 5.74) is 6.27. The standard InChI is InChI=1S/C14H15N3O2/c1-2-11(13(15)18)17-14(19)10-7-3-5-9-6-4-8-16-12(9)10/h3-8,11H,2H2,1H3,(H2,15,18)(H,17,19)/t11-/m1/s1. The minimum atomic E-state index is -0.661. The largest absolute Gasteiger partial charge is 0.368 e. The van der Waals surface area contributed by atoms with Crippen molar-refractivity contribution in [1.82, 2.24) is 10.3 Å². The van der Waals surface area contributed by atoms with Gasteiger partial charge in [0.25, 0.3) is 5.91 Å². The fraction of sp³-hybridized carbons (Fsp3) is 0.214. The van der Waals surface area contributed by atoms with E-state index in [0.717, 1.165) is 5.39 Å². The van der Waals surface area contributed by atoms with Crippen LogP contribution in [0.5, 0.6) is 0 Å². The lowest BCUT2D eigenvalue weighted by atomic mass is 10.1. The first-order chi connectivity index (χ1) is 9.13. The summed E-state index contributed by atoms with van der Waals surface area (Å²) >= 11 is 0. The van der Waals surface area contributed by atoms with E-state index in [0.29, 0.717) is 17.5 Å². The lowest BCUT2D eigenvalue weighted by Gasteiger charge is -2.13. The highest BCUT2D eigenvalue weighted by molar-refractivity contribution is 6.06. The van der Waals surface area contributed by atoms with Gasteiger partial charge in [-0.2, -0.15) is 0 Å². The van der Waals surface area contributed by atoms with Gasteiger partial charge in [0.2, 0.25) is 5.91 Å². The van der Waals surface area contributed by atoms with Crippen LogP contribution in [-0.4, -0.2) is 22.8 Å². The number of hydrogen-bond acceptors (Lipinski definition) is 3. The molecule has 0 fully saturated rings. The molecule has 2 aromatic rings. The van der Waals surface area contributed by atoms with Crippen molar-refractivity contribution in [1.29, 1.82) is 0 Å². The Morgan fingerprint density at radius 1 is 1.32 bits per heavy atom. The predicted octanol–water partition coefficient (Wildman–Crippen LogP) is 1.23. The summed E-state index contributed by atoms with van der Waals surface area (Å²) in [6.45, 7) is 1.79. The molecule has 2 amide bonds. The van der Waals surface area contributed by atoms with Crippen LogP contribution in [0, 0.1) is 0 Å². The zero-order valence-corrected chi connectivity index (χ0v) is 10.6. The Bertz CT molecular complexity index is 620. The van der Waals surface area contributed by atoms with Crippen LogP contribution < -0.4 is 11.1 Å². The number of pyridine rings is 1.